The smallest absolute Gasteiger partial charge is 0.114 e. The zero-order chi connectivity index (χ0) is 12.8. The van der Waals surface area contributed by atoms with E-state index < -0.39 is 0 Å². The van der Waals surface area contributed by atoms with Gasteiger partial charge in [-0.3, -0.25) is 0 Å². The van der Waals surface area contributed by atoms with Gasteiger partial charge in [0.1, 0.15) is 5.76 Å². The minimum absolute atomic E-state index is 0.662. The van der Waals surface area contributed by atoms with Gasteiger partial charge in [0, 0.05) is 16.2 Å². The first kappa shape index (κ1) is 14.0. The summed E-state index contributed by atoms with van der Waals surface area (Å²) in [7, 11) is 0. The van der Waals surface area contributed by atoms with Crippen molar-refractivity contribution in [3.05, 3.63) is 18.1 Å². The topological polar surface area (TPSA) is 25.2 Å². The molecule has 1 aliphatic rings. The fraction of sp³-hybridized carbons (Fsp3) is 0.733. The molecular formula is C15H25NOS. The van der Waals surface area contributed by atoms with E-state index in [4.69, 9.17) is 4.42 Å². The third-order valence-corrected chi connectivity index (χ3v) is 5.30. The molecule has 2 atom stereocenters. The molecule has 0 aliphatic heterocycles. The molecular weight excluding hydrogens is 242 g/mol. The largest absolute Gasteiger partial charge is 0.468 e. The molecule has 1 heterocycles. The van der Waals surface area contributed by atoms with Crippen LogP contribution in [0.4, 0.5) is 0 Å². The van der Waals surface area contributed by atoms with Gasteiger partial charge < -0.3 is 9.73 Å². The van der Waals surface area contributed by atoms with E-state index in [0.717, 1.165) is 12.3 Å². The molecule has 1 fully saturated rings. The molecule has 1 saturated carbocycles. The summed E-state index contributed by atoms with van der Waals surface area (Å²) in [5, 5.41) is 4.38. The second-order valence-electron chi connectivity index (χ2n) is 5.15. The maximum atomic E-state index is 5.42. The van der Waals surface area contributed by atoms with Crippen molar-refractivity contribution in [2.45, 2.75) is 68.6 Å². The van der Waals surface area contributed by atoms with Gasteiger partial charge in [0.2, 0.25) is 0 Å². The monoisotopic (exact) mass is 267 g/mol. The highest BCUT2D eigenvalue weighted by molar-refractivity contribution is 8.00. The van der Waals surface area contributed by atoms with Crippen LogP contribution in [-0.2, 0) is 0 Å². The van der Waals surface area contributed by atoms with Crippen LogP contribution in [0.3, 0.4) is 0 Å². The van der Waals surface area contributed by atoms with Crippen LogP contribution in [0, 0.1) is 6.92 Å². The Balaban J connectivity index is 2.02. The van der Waals surface area contributed by atoms with E-state index in [1.54, 1.807) is 0 Å². The molecule has 0 saturated heterocycles. The lowest BCUT2D eigenvalue weighted by Crippen LogP contribution is -2.38. The maximum absolute atomic E-state index is 5.42. The molecule has 0 spiro atoms. The molecule has 1 aromatic rings. The predicted octanol–water partition coefficient (Wildman–Crippen LogP) is 4.38. The van der Waals surface area contributed by atoms with Crippen molar-refractivity contribution < 1.29 is 4.42 Å². The summed E-state index contributed by atoms with van der Waals surface area (Å²) in [4.78, 5) is 1.32. The van der Waals surface area contributed by atoms with Gasteiger partial charge in [0.25, 0.3) is 0 Å². The first-order valence-corrected chi connectivity index (χ1v) is 8.13. The zero-order valence-corrected chi connectivity index (χ0v) is 12.4. The number of hydrogen-bond acceptors (Lipinski definition) is 3. The van der Waals surface area contributed by atoms with E-state index in [2.05, 4.69) is 25.2 Å². The van der Waals surface area contributed by atoms with Gasteiger partial charge in [-0.25, -0.2) is 0 Å². The summed E-state index contributed by atoms with van der Waals surface area (Å²) in [6.07, 6.45) is 10.0. The number of hydrogen-bond donors (Lipinski definition) is 1. The Morgan fingerprint density at radius 3 is 2.72 bits per heavy atom. The van der Waals surface area contributed by atoms with E-state index in [9.17, 15) is 0 Å². The molecule has 0 aromatic carbocycles. The Morgan fingerprint density at radius 2 is 2.06 bits per heavy atom. The highest BCUT2D eigenvalue weighted by atomic mass is 32.2. The number of thioether (sulfide) groups is 1. The van der Waals surface area contributed by atoms with Crippen molar-refractivity contribution >= 4 is 11.8 Å². The average Bonchev–Trinajstić information content (AvgIpc) is 2.73. The molecule has 102 valence electrons. The van der Waals surface area contributed by atoms with Gasteiger partial charge in [-0.1, -0.05) is 32.6 Å². The van der Waals surface area contributed by atoms with Crippen molar-refractivity contribution in [1.82, 2.24) is 5.32 Å². The highest BCUT2D eigenvalue weighted by Crippen LogP contribution is 2.34. The Morgan fingerprint density at radius 1 is 1.28 bits per heavy atom. The molecule has 1 aromatic heterocycles. The SMILES string of the molecule is CCNC1CCCCCCC1Sc1ccoc1C. The standard InChI is InChI=1S/C15H25NOS/c1-3-16-13-8-6-4-5-7-9-15(13)18-14-10-11-17-12(14)2/h10-11,13,15-16H,3-9H2,1-2H3. The Labute approximate surface area is 115 Å². The first-order valence-electron chi connectivity index (χ1n) is 7.25. The summed E-state index contributed by atoms with van der Waals surface area (Å²) in [5.41, 5.74) is 0. The highest BCUT2D eigenvalue weighted by Gasteiger charge is 2.23. The third kappa shape index (κ3) is 3.79. The van der Waals surface area contributed by atoms with Crippen molar-refractivity contribution in [2.24, 2.45) is 0 Å². The quantitative estimate of drug-likeness (QED) is 0.876. The van der Waals surface area contributed by atoms with Gasteiger partial charge in [0.15, 0.2) is 0 Å². The van der Waals surface area contributed by atoms with Gasteiger partial charge in [-0.2, -0.15) is 0 Å². The summed E-state index contributed by atoms with van der Waals surface area (Å²) < 4.78 is 5.42. The van der Waals surface area contributed by atoms with Crippen LogP contribution in [-0.4, -0.2) is 17.8 Å². The fourth-order valence-corrected chi connectivity index (χ4v) is 4.10. The summed E-state index contributed by atoms with van der Waals surface area (Å²) >= 11 is 2.01. The number of furan rings is 1. The van der Waals surface area contributed by atoms with Crippen LogP contribution >= 0.6 is 11.8 Å². The average molecular weight is 267 g/mol. The molecule has 2 rings (SSSR count). The minimum Gasteiger partial charge on any atom is -0.468 e. The third-order valence-electron chi connectivity index (χ3n) is 3.76. The molecule has 0 bridgehead atoms. The summed E-state index contributed by atoms with van der Waals surface area (Å²) in [6, 6.07) is 2.77. The van der Waals surface area contributed by atoms with Crippen molar-refractivity contribution in [1.29, 1.82) is 0 Å². The molecule has 18 heavy (non-hydrogen) atoms. The Bertz CT molecular complexity index is 350. The number of rotatable bonds is 4. The van der Waals surface area contributed by atoms with Crippen LogP contribution in [0.25, 0.3) is 0 Å². The zero-order valence-electron chi connectivity index (χ0n) is 11.6. The summed E-state index contributed by atoms with van der Waals surface area (Å²) in [5.74, 6) is 1.07. The van der Waals surface area contributed by atoms with Crippen molar-refractivity contribution in [2.75, 3.05) is 6.54 Å². The van der Waals surface area contributed by atoms with Crippen LogP contribution in [0.1, 0.15) is 51.2 Å². The van der Waals surface area contributed by atoms with E-state index in [1.165, 1.54) is 43.4 Å². The molecule has 0 amide bonds. The lowest BCUT2D eigenvalue weighted by molar-refractivity contribution is 0.406. The van der Waals surface area contributed by atoms with Crippen molar-refractivity contribution in [3.8, 4) is 0 Å². The van der Waals surface area contributed by atoms with Crippen LogP contribution in [0.15, 0.2) is 21.6 Å². The van der Waals surface area contributed by atoms with Gasteiger partial charge in [-0.15, -0.1) is 11.8 Å². The predicted molar refractivity (Wildman–Crippen MR) is 78.3 cm³/mol. The Hall–Kier alpha value is -0.410. The maximum Gasteiger partial charge on any atom is 0.114 e. The lowest BCUT2D eigenvalue weighted by Gasteiger charge is -2.29. The molecule has 3 heteroatoms. The summed E-state index contributed by atoms with van der Waals surface area (Å²) in [6.45, 7) is 5.35. The number of aryl methyl sites for hydroxylation is 1. The van der Waals surface area contributed by atoms with Crippen molar-refractivity contribution in [3.63, 3.8) is 0 Å². The molecule has 2 unspecified atom stereocenters. The number of nitrogens with one attached hydrogen (secondary N) is 1. The van der Waals surface area contributed by atoms with Gasteiger partial charge in [-0.05, 0) is 32.4 Å². The first-order chi connectivity index (χ1) is 8.81. The van der Waals surface area contributed by atoms with Crippen LogP contribution < -0.4 is 5.32 Å². The minimum atomic E-state index is 0.662. The second kappa shape index (κ2) is 7.25. The molecule has 1 aliphatic carbocycles. The van der Waals surface area contributed by atoms with E-state index >= 15 is 0 Å². The normalized spacial score (nSPS) is 25.7. The lowest BCUT2D eigenvalue weighted by atomic mass is 9.96. The van der Waals surface area contributed by atoms with Crippen LogP contribution in [0.5, 0.6) is 0 Å². The molecule has 1 N–H and O–H groups in total. The molecule has 0 radical (unpaired) electrons. The van der Waals surface area contributed by atoms with Gasteiger partial charge >= 0.3 is 0 Å². The second-order valence-corrected chi connectivity index (χ2v) is 6.43. The van der Waals surface area contributed by atoms with E-state index in [-0.39, 0.29) is 0 Å². The van der Waals surface area contributed by atoms with E-state index in [1.807, 2.05) is 18.0 Å². The van der Waals surface area contributed by atoms with Crippen LogP contribution in [0.2, 0.25) is 0 Å². The van der Waals surface area contributed by atoms with Gasteiger partial charge in [0.05, 0.1) is 6.26 Å². The fourth-order valence-electron chi connectivity index (χ4n) is 2.75. The Kier molecular flexibility index (Phi) is 5.64. The van der Waals surface area contributed by atoms with E-state index in [0.29, 0.717) is 11.3 Å². The molecule has 2 nitrogen and oxygen atoms in total.